The van der Waals surface area contributed by atoms with E-state index >= 15 is 0 Å². The predicted octanol–water partition coefficient (Wildman–Crippen LogP) is 7.73. The van der Waals surface area contributed by atoms with Crippen LogP contribution >= 0.6 is 0 Å². The minimum absolute atomic E-state index is 0.0355. The molecule has 138 valence electrons. The van der Waals surface area contributed by atoms with Gasteiger partial charge in [0.15, 0.2) is 0 Å². The number of halogens is 1. The number of hydrogen-bond acceptors (Lipinski definition) is 0. The van der Waals surface area contributed by atoms with Crippen molar-refractivity contribution in [3.63, 3.8) is 0 Å². The van der Waals surface area contributed by atoms with Crippen LogP contribution < -0.4 is 0 Å². The lowest BCUT2D eigenvalue weighted by atomic mass is 9.77. The van der Waals surface area contributed by atoms with E-state index in [9.17, 15) is 4.39 Å². The summed E-state index contributed by atoms with van der Waals surface area (Å²) in [6.07, 6.45) is 15.4. The quantitative estimate of drug-likeness (QED) is 0.448. The van der Waals surface area contributed by atoms with Crippen LogP contribution in [0, 0.1) is 11.7 Å². The normalized spacial score (nSPS) is 20.7. The van der Waals surface area contributed by atoms with Crippen LogP contribution in [0.3, 0.4) is 0 Å². The standard InChI is InChI=1S/C25H31F/c1-3-5-7-9-21-14-15-23-18-22(16-17-24(23)25(21)26)20-12-10-19(11-13-20)8-6-4-2/h3-5,14-20H,2,6-13H2,1H3/b5-3+. The molecule has 0 aliphatic heterocycles. The molecule has 3 rings (SSSR count). The van der Waals surface area contributed by atoms with Gasteiger partial charge in [-0.25, -0.2) is 4.39 Å². The molecule has 0 heterocycles. The van der Waals surface area contributed by atoms with E-state index in [4.69, 9.17) is 0 Å². The number of hydrogen-bond donors (Lipinski definition) is 0. The molecule has 1 heteroatoms. The number of benzene rings is 2. The van der Waals surface area contributed by atoms with E-state index in [1.807, 2.05) is 31.2 Å². The summed E-state index contributed by atoms with van der Waals surface area (Å²) in [7, 11) is 0. The average Bonchev–Trinajstić information content (AvgIpc) is 2.68. The van der Waals surface area contributed by atoms with Crippen molar-refractivity contribution in [2.24, 2.45) is 5.92 Å². The van der Waals surface area contributed by atoms with E-state index in [0.717, 1.165) is 41.5 Å². The highest BCUT2D eigenvalue weighted by Crippen LogP contribution is 2.38. The Labute approximate surface area is 157 Å². The molecule has 0 bridgehead atoms. The van der Waals surface area contributed by atoms with Crippen molar-refractivity contribution in [2.75, 3.05) is 0 Å². The molecule has 0 atom stereocenters. The molecule has 26 heavy (non-hydrogen) atoms. The Bertz CT molecular complexity index is 763. The molecular formula is C25H31F. The number of fused-ring (bicyclic) bond motifs is 1. The first-order valence-corrected chi connectivity index (χ1v) is 10.2. The van der Waals surface area contributed by atoms with E-state index in [0.29, 0.717) is 5.92 Å². The first kappa shape index (κ1) is 18.9. The monoisotopic (exact) mass is 350 g/mol. The van der Waals surface area contributed by atoms with Gasteiger partial charge < -0.3 is 0 Å². The summed E-state index contributed by atoms with van der Waals surface area (Å²) < 4.78 is 14.8. The van der Waals surface area contributed by atoms with Crippen molar-refractivity contribution < 1.29 is 4.39 Å². The molecule has 0 saturated heterocycles. The molecule has 0 nitrogen and oxygen atoms in total. The Hall–Kier alpha value is -1.89. The minimum Gasteiger partial charge on any atom is -0.206 e. The molecule has 0 radical (unpaired) electrons. The zero-order chi connectivity index (χ0) is 18.4. The Morgan fingerprint density at radius 2 is 1.88 bits per heavy atom. The van der Waals surface area contributed by atoms with Crippen LogP contribution in [0.1, 0.15) is 68.9 Å². The lowest BCUT2D eigenvalue weighted by molar-refractivity contribution is 0.312. The van der Waals surface area contributed by atoms with Gasteiger partial charge in [-0.2, -0.15) is 0 Å². The summed E-state index contributed by atoms with van der Waals surface area (Å²) in [6, 6.07) is 10.5. The molecule has 2 aromatic rings. The van der Waals surface area contributed by atoms with Crippen molar-refractivity contribution in [1.29, 1.82) is 0 Å². The van der Waals surface area contributed by atoms with Crippen molar-refractivity contribution >= 4 is 10.8 Å². The molecule has 0 amide bonds. The smallest absolute Gasteiger partial charge is 0.134 e. The summed E-state index contributed by atoms with van der Waals surface area (Å²) >= 11 is 0. The maximum absolute atomic E-state index is 14.8. The summed E-state index contributed by atoms with van der Waals surface area (Å²) in [5, 5.41) is 1.81. The minimum atomic E-state index is -0.0355. The second-order valence-electron chi connectivity index (χ2n) is 7.71. The van der Waals surface area contributed by atoms with Crippen LogP contribution in [-0.4, -0.2) is 0 Å². The van der Waals surface area contributed by atoms with Crippen molar-refractivity contribution in [2.45, 2.75) is 64.2 Å². The zero-order valence-corrected chi connectivity index (χ0v) is 16.0. The van der Waals surface area contributed by atoms with Crippen molar-refractivity contribution in [1.82, 2.24) is 0 Å². The highest BCUT2D eigenvalue weighted by Gasteiger charge is 2.22. The largest absolute Gasteiger partial charge is 0.206 e. The summed E-state index contributed by atoms with van der Waals surface area (Å²) in [6.45, 7) is 5.84. The Balaban J connectivity index is 1.72. The highest BCUT2D eigenvalue weighted by molar-refractivity contribution is 5.84. The van der Waals surface area contributed by atoms with Gasteiger partial charge in [-0.3, -0.25) is 0 Å². The van der Waals surface area contributed by atoms with Gasteiger partial charge in [-0.1, -0.05) is 48.6 Å². The molecule has 0 spiro atoms. The van der Waals surface area contributed by atoms with Crippen LogP contribution in [0.15, 0.2) is 55.1 Å². The topological polar surface area (TPSA) is 0 Å². The third-order valence-corrected chi connectivity index (χ3v) is 5.97. The van der Waals surface area contributed by atoms with Gasteiger partial charge in [-0.15, -0.1) is 6.58 Å². The maximum atomic E-state index is 14.8. The predicted molar refractivity (Wildman–Crippen MR) is 111 cm³/mol. The zero-order valence-electron chi connectivity index (χ0n) is 16.0. The van der Waals surface area contributed by atoms with Crippen molar-refractivity contribution in [3.05, 3.63) is 72.1 Å². The SMILES string of the molecule is C=CCCC1CCC(c2ccc3c(F)c(CC/C=C/C)ccc3c2)CC1. The third-order valence-electron chi connectivity index (χ3n) is 5.97. The molecule has 0 N–H and O–H groups in total. The van der Waals surface area contributed by atoms with Gasteiger partial charge in [-0.05, 0) is 86.6 Å². The lowest BCUT2D eigenvalue weighted by Gasteiger charge is -2.28. The van der Waals surface area contributed by atoms with Gasteiger partial charge in [0.1, 0.15) is 5.82 Å². The van der Waals surface area contributed by atoms with E-state index in [1.165, 1.54) is 37.7 Å². The molecule has 1 saturated carbocycles. The molecule has 1 aliphatic carbocycles. The van der Waals surface area contributed by atoms with Gasteiger partial charge >= 0.3 is 0 Å². The first-order valence-electron chi connectivity index (χ1n) is 10.2. The van der Waals surface area contributed by atoms with Crippen LogP contribution in [0.4, 0.5) is 4.39 Å². The summed E-state index contributed by atoms with van der Waals surface area (Å²) in [5.74, 6) is 1.46. The first-order chi connectivity index (χ1) is 12.7. The third kappa shape index (κ3) is 4.44. The van der Waals surface area contributed by atoms with Crippen LogP contribution in [0.25, 0.3) is 10.8 Å². The number of rotatable bonds is 7. The summed E-state index contributed by atoms with van der Waals surface area (Å²) in [4.78, 5) is 0. The van der Waals surface area contributed by atoms with Crippen molar-refractivity contribution in [3.8, 4) is 0 Å². The van der Waals surface area contributed by atoms with E-state index in [-0.39, 0.29) is 5.82 Å². The Morgan fingerprint density at radius 3 is 2.62 bits per heavy atom. The van der Waals surface area contributed by atoms with E-state index in [1.54, 1.807) is 0 Å². The van der Waals surface area contributed by atoms with Gasteiger partial charge in [0, 0.05) is 5.39 Å². The molecule has 0 unspecified atom stereocenters. The Morgan fingerprint density at radius 1 is 1.08 bits per heavy atom. The molecule has 1 fully saturated rings. The molecule has 2 aromatic carbocycles. The molecular weight excluding hydrogens is 319 g/mol. The summed E-state index contributed by atoms with van der Waals surface area (Å²) in [5.41, 5.74) is 2.21. The van der Waals surface area contributed by atoms with Gasteiger partial charge in [0.05, 0.1) is 0 Å². The van der Waals surface area contributed by atoms with E-state index in [2.05, 4.69) is 30.9 Å². The van der Waals surface area contributed by atoms with Crippen LogP contribution in [0.5, 0.6) is 0 Å². The molecule has 1 aliphatic rings. The number of aryl methyl sites for hydroxylation is 1. The molecule has 0 aromatic heterocycles. The fourth-order valence-electron chi connectivity index (χ4n) is 4.35. The maximum Gasteiger partial charge on any atom is 0.134 e. The highest BCUT2D eigenvalue weighted by atomic mass is 19.1. The Kier molecular flexibility index (Phi) is 6.66. The second kappa shape index (κ2) is 9.16. The van der Waals surface area contributed by atoms with E-state index < -0.39 is 0 Å². The van der Waals surface area contributed by atoms with Gasteiger partial charge in [0.2, 0.25) is 0 Å². The lowest BCUT2D eigenvalue weighted by Crippen LogP contribution is -2.13. The average molecular weight is 351 g/mol. The number of allylic oxidation sites excluding steroid dienone is 3. The fourth-order valence-corrected chi connectivity index (χ4v) is 4.35. The van der Waals surface area contributed by atoms with Gasteiger partial charge in [0.25, 0.3) is 0 Å². The second-order valence-corrected chi connectivity index (χ2v) is 7.71. The fraction of sp³-hybridized carbons (Fsp3) is 0.440. The van der Waals surface area contributed by atoms with Crippen LogP contribution in [0.2, 0.25) is 0 Å². The van der Waals surface area contributed by atoms with Crippen LogP contribution in [-0.2, 0) is 6.42 Å².